The van der Waals surface area contributed by atoms with Gasteiger partial charge in [0, 0.05) is 0 Å². The fraction of sp³-hybridized carbons (Fsp3) is 0.481. The predicted molar refractivity (Wildman–Crippen MR) is 232 cm³/mol. The van der Waals surface area contributed by atoms with E-state index in [0.29, 0.717) is 0 Å². The summed E-state index contributed by atoms with van der Waals surface area (Å²) < 4.78 is 3.53. The van der Waals surface area contributed by atoms with E-state index >= 15 is 0 Å². The first kappa shape index (κ1) is 41.6. The molecule has 6 aliphatic rings. The Kier molecular flexibility index (Phi) is 13.0. The van der Waals surface area contributed by atoms with E-state index in [1.807, 2.05) is 11.1 Å². The molecular weight excluding hydrogens is 811 g/mol. The molecule has 4 unspecified atom stereocenters. The molecule has 0 spiro atoms. The molecule has 0 nitrogen and oxygen atoms in total. The number of halogens is 2. The van der Waals surface area contributed by atoms with E-state index in [0.717, 1.165) is 26.3 Å². The molecule has 3 saturated carbocycles. The molecule has 0 N–H and O–H groups in total. The van der Waals surface area contributed by atoms with Crippen LogP contribution in [0.25, 0.3) is 34.4 Å². The van der Waals surface area contributed by atoms with Crippen LogP contribution >= 0.6 is 0 Å². The van der Waals surface area contributed by atoms with E-state index in [1.54, 1.807) is 22.3 Å². The summed E-state index contributed by atoms with van der Waals surface area (Å²) in [4.78, 5) is 0. The van der Waals surface area contributed by atoms with Crippen LogP contribution in [0.15, 0.2) is 96.1 Å². The van der Waals surface area contributed by atoms with Crippen molar-refractivity contribution in [2.24, 2.45) is 11.8 Å². The van der Waals surface area contributed by atoms with Gasteiger partial charge in [0.25, 0.3) is 0 Å². The molecule has 1 heterocycles. The zero-order chi connectivity index (χ0) is 36.9. The van der Waals surface area contributed by atoms with Gasteiger partial charge in [-0.05, 0) is 0 Å². The Balaban J connectivity index is 0.00000228. The summed E-state index contributed by atoms with van der Waals surface area (Å²) >= 11 is -3.17. The van der Waals surface area contributed by atoms with E-state index < -0.39 is 20.3 Å². The molecule has 4 aromatic rings. The molecule has 57 heavy (non-hydrogen) atoms. The molecule has 1 aliphatic heterocycles. The molecule has 4 atom stereocenters. The number of benzene rings is 4. The summed E-state index contributed by atoms with van der Waals surface area (Å²) in [5.74, 6) is 1.55. The summed E-state index contributed by atoms with van der Waals surface area (Å²) in [6.07, 6.45) is 30.7. The molecule has 5 aliphatic carbocycles. The maximum absolute atomic E-state index is 3.17. The molecule has 10 rings (SSSR count). The molecular formula is C54H64Cl2Zr. The van der Waals surface area contributed by atoms with E-state index in [2.05, 4.69) is 111 Å². The van der Waals surface area contributed by atoms with Gasteiger partial charge in [-0.1, -0.05) is 0 Å². The third-order valence-electron chi connectivity index (χ3n) is 15.9. The zero-order valence-electron chi connectivity index (χ0n) is 34.7. The van der Waals surface area contributed by atoms with Crippen LogP contribution in [0.5, 0.6) is 0 Å². The standard InChI is InChI=1S/2C24H27.C6H10.2ClH.Zr/c2*1-2-7-18-12-14-20(15-13-18)23-11-6-10-21-16-22(17-24(21)23)19-8-4-3-5-9-19;1-2-4-6-5-3-1;;;/h2*6,10-17,19H,2-5,7-9H2,1H3;1-2H,3-6H2;2*1H;/q;;;;;+2/p-2. The average Bonchev–Trinajstić information content (AvgIpc) is 3.49. The van der Waals surface area contributed by atoms with Gasteiger partial charge in [0.05, 0.1) is 0 Å². The predicted octanol–water partition coefficient (Wildman–Crippen LogP) is 9.99. The van der Waals surface area contributed by atoms with Gasteiger partial charge in [-0.25, -0.2) is 0 Å². The van der Waals surface area contributed by atoms with E-state index in [9.17, 15) is 0 Å². The summed E-state index contributed by atoms with van der Waals surface area (Å²) in [5, 5.41) is 0. The number of rotatable bonds is 10. The van der Waals surface area contributed by atoms with E-state index in [1.165, 1.54) is 149 Å². The Morgan fingerprint density at radius 2 is 0.842 bits per heavy atom. The van der Waals surface area contributed by atoms with E-state index in [-0.39, 0.29) is 24.8 Å². The van der Waals surface area contributed by atoms with Crippen LogP contribution in [0.1, 0.15) is 157 Å². The average molecular weight is 875 g/mol. The van der Waals surface area contributed by atoms with Gasteiger partial charge in [-0.3, -0.25) is 0 Å². The number of fused-ring (bicyclic) bond motifs is 3. The first-order valence-electron chi connectivity index (χ1n) is 23.1. The number of allylic oxidation sites excluding steroid dienone is 2. The quantitative estimate of drug-likeness (QED) is 0.149. The molecule has 0 aromatic heterocycles. The van der Waals surface area contributed by atoms with Gasteiger partial charge >= 0.3 is 340 Å². The molecule has 0 amide bonds. The summed E-state index contributed by atoms with van der Waals surface area (Å²) in [6.45, 7) is 4.60. The van der Waals surface area contributed by atoms with Gasteiger partial charge in [0.1, 0.15) is 0 Å². The maximum atomic E-state index is 2.86. The fourth-order valence-corrected chi connectivity index (χ4v) is 36.9. The first-order chi connectivity index (χ1) is 27.2. The Morgan fingerprint density at radius 1 is 0.456 bits per heavy atom. The van der Waals surface area contributed by atoms with Crippen LogP contribution in [0, 0.1) is 11.8 Å². The largest absolute Gasteiger partial charge is 1.00 e. The van der Waals surface area contributed by atoms with Crippen LogP contribution in [-0.4, -0.2) is 0 Å². The monoisotopic (exact) mass is 872 g/mol. The molecule has 1 saturated heterocycles. The van der Waals surface area contributed by atoms with Crippen molar-refractivity contribution in [2.75, 3.05) is 0 Å². The van der Waals surface area contributed by atoms with Crippen molar-refractivity contribution in [3.63, 3.8) is 0 Å². The molecule has 4 fully saturated rings. The van der Waals surface area contributed by atoms with Gasteiger partial charge < -0.3 is 24.8 Å². The van der Waals surface area contributed by atoms with Crippen molar-refractivity contribution < 1.29 is 45.1 Å². The Morgan fingerprint density at radius 3 is 1.23 bits per heavy atom. The summed E-state index contributed by atoms with van der Waals surface area (Å²) in [5.41, 5.74) is 19.5. The topological polar surface area (TPSA) is 0 Å². The molecule has 0 radical (unpaired) electrons. The van der Waals surface area contributed by atoms with E-state index in [4.69, 9.17) is 0 Å². The third kappa shape index (κ3) is 7.29. The van der Waals surface area contributed by atoms with Crippen LogP contribution in [0.4, 0.5) is 0 Å². The van der Waals surface area contributed by atoms with Crippen molar-refractivity contribution in [2.45, 2.75) is 144 Å². The van der Waals surface area contributed by atoms with Crippen molar-refractivity contribution in [1.29, 1.82) is 0 Å². The summed E-state index contributed by atoms with van der Waals surface area (Å²) in [7, 11) is 0. The van der Waals surface area contributed by atoms with Crippen LogP contribution in [-0.2, 0) is 33.1 Å². The molecule has 4 aromatic carbocycles. The number of hydrogen-bond donors (Lipinski definition) is 0. The minimum atomic E-state index is -3.17. The molecule has 0 bridgehead atoms. The maximum Gasteiger partial charge on any atom is -1.00 e. The third-order valence-corrected chi connectivity index (χ3v) is 32.7. The van der Waals surface area contributed by atoms with Crippen LogP contribution in [0.2, 0.25) is 7.25 Å². The normalized spacial score (nSPS) is 25.5. The second-order valence-corrected chi connectivity index (χ2v) is 30.2. The van der Waals surface area contributed by atoms with Gasteiger partial charge in [-0.2, -0.15) is 0 Å². The molecule has 3 heteroatoms. The Labute approximate surface area is 362 Å². The molecule has 298 valence electrons. The van der Waals surface area contributed by atoms with Crippen LogP contribution in [0.3, 0.4) is 0 Å². The zero-order valence-corrected chi connectivity index (χ0v) is 38.7. The van der Waals surface area contributed by atoms with Gasteiger partial charge in [0.15, 0.2) is 0 Å². The second kappa shape index (κ2) is 17.8. The van der Waals surface area contributed by atoms with Crippen LogP contribution < -0.4 is 24.8 Å². The number of aryl methyl sites for hydroxylation is 2. The van der Waals surface area contributed by atoms with Crippen molar-refractivity contribution >= 4 is 12.2 Å². The SMILES string of the molecule is CCCc1ccc(-c2cccc3c2C=C(C2CCCCC2)[CH]3[Zr+2]2([CH]3C(C4CCCCC4)=Cc4c(-c5ccc(CCC)cc5)cccc43)[CH]3CCCC[CH]32)cc1.[Cl-].[Cl-]. The minimum Gasteiger partial charge on any atom is -1.00 e. The number of hydrogen-bond acceptors (Lipinski definition) is 0. The smallest absolute Gasteiger partial charge is 1.00 e. The van der Waals surface area contributed by atoms with Gasteiger partial charge in [-0.15, -0.1) is 0 Å². The Hall–Kier alpha value is -2.18. The summed E-state index contributed by atoms with van der Waals surface area (Å²) in [6, 6.07) is 34.7. The fourth-order valence-electron chi connectivity index (χ4n) is 13.6. The minimum absolute atomic E-state index is 0. The van der Waals surface area contributed by atoms with Gasteiger partial charge in [0.2, 0.25) is 0 Å². The first-order valence-corrected chi connectivity index (χ1v) is 28.8. The Bertz CT molecular complexity index is 1930. The van der Waals surface area contributed by atoms with Crippen molar-refractivity contribution in [3.05, 3.63) is 129 Å². The second-order valence-electron chi connectivity index (χ2n) is 18.8. The van der Waals surface area contributed by atoms with Crippen molar-refractivity contribution in [3.8, 4) is 22.3 Å². The van der Waals surface area contributed by atoms with Crippen molar-refractivity contribution in [1.82, 2.24) is 0 Å².